The zero-order valence-corrected chi connectivity index (χ0v) is 11.0. The van der Waals surface area contributed by atoms with E-state index in [1.54, 1.807) is 6.08 Å². The van der Waals surface area contributed by atoms with Crippen LogP contribution in [0.25, 0.3) is 0 Å². The average molecular weight is 301 g/mol. The SMILES string of the molecule is O=C(O)CN1CC(C2=CC(C(F)(F)F)C=CC=C2)CC1=O. The Morgan fingerprint density at radius 3 is 2.71 bits per heavy atom. The molecule has 7 heteroatoms. The van der Waals surface area contributed by atoms with E-state index in [0.717, 1.165) is 17.1 Å². The van der Waals surface area contributed by atoms with Crippen LogP contribution in [-0.4, -0.2) is 41.1 Å². The Hall–Kier alpha value is -2.05. The van der Waals surface area contributed by atoms with Crippen molar-refractivity contribution in [2.45, 2.75) is 12.6 Å². The molecule has 1 aliphatic carbocycles. The molecule has 0 aromatic heterocycles. The standard InChI is InChI=1S/C14H14F3NO3/c15-14(16,17)11-4-2-1-3-9(5-11)10-6-12(19)18(7-10)8-13(20)21/h1-5,10-11H,6-8H2,(H,20,21). The molecule has 21 heavy (non-hydrogen) atoms. The number of carbonyl (C=O) groups excluding carboxylic acids is 1. The number of amides is 1. The molecule has 4 nitrogen and oxygen atoms in total. The van der Waals surface area contributed by atoms with Gasteiger partial charge in [-0.3, -0.25) is 9.59 Å². The van der Waals surface area contributed by atoms with Crippen molar-refractivity contribution in [3.05, 3.63) is 36.0 Å². The Morgan fingerprint density at radius 1 is 1.38 bits per heavy atom. The van der Waals surface area contributed by atoms with Crippen LogP contribution in [0.5, 0.6) is 0 Å². The number of rotatable bonds is 3. The Balaban J connectivity index is 2.16. The number of nitrogens with zero attached hydrogens (tertiary/aromatic N) is 1. The summed E-state index contributed by atoms with van der Waals surface area (Å²) in [5.74, 6) is -3.58. The van der Waals surface area contributed by atoms with E-state index in [0.29, 0.717) is 5.57 Å². The third-order valence-corrected chi connectivity index (χ3v) is 3.48. The summed E-state index contributed by atoms with van der Waals surface area (Å²) < 4.78 is 38.5. The number of hydrogen-bond acceptors (Lipinski definition) is 2. The van der Waals surface area contributed by atoms with Gasteiger partial charge in [0, 0.05) is 18.9 Å². The van der Waals surface area contributed by atoms with Crippen molar-refractivity contribution in [2.75, 3.05) is 13.1 Å². The first-order chi connectivity index (χ1) is 9.77. The summed E-state index contributed by atoms with van der Waals surface area (Å²) in [5.41, 5.74) is 0.420. The lowest BCUT2D eigenvalue weighted by molar-refractivity contribution is -0.149. The largest absolute Gasteiger partial charge is 0.480 e. The number of alkyl halides is 3. The molecule has 0 aromatic rings. The van der Waals surface area contributed by atoms with Gasteiger partial charge in [0.1, 0.15) is 6.54 Å². The normalized spacial score (nSPS) is 26.0. The highest BCUT2D eigenvalue weighted by Crippen LogP contribution is 2.34. The van der Waals surface area contributed by atoms with Gasteiger partial charge in [-0.05, 0) is 5.57 Å². The van der Waals surface area contributed by atoms with Crippen LogP contribution in [0.3, 0.4) is 0 Å². The molecule has 1 aliphatic heterocycles. The van der Waals surface area contributed by atoms with E-state index in [4.69, 9.17) is 5.11 Å². The highest BCUT2D eigenvalue weighted by molar-refractivity contribution is 5.83. The number of likely N-dealkylation sites (tertiary alicyclic amines) is 1. The minimum absolute atomic E-state index is 0.0357. The van der Waals surface area contributed by atoms with E-state index in [9.17, 15) is 22.8 Å². The molecule has 0 aromatic carbocycles. The van der Waals surface area contributed by atoms with Gasteiger partial charge in [0.25, 0.3) is 0 Å². The van der Waals surface area contributed by atoms with Crippen LogP contribution >= 0.6 is 0 Å². The highest BCUT2D eigenvalue weighted by Gasteiger charge is 2.38. The van der Waals surface area contributed by atoms with Gasteiger partial charge in [-0.1, -0.05) is 30.4 Å². The van der Waals surface area contributed by atoms with E-state index in [-0.39, 0.29) is 18.9 Å². The van der Waals surface area contributed by atoms with Crippen LogP contribution in [0, 0.1) is 11.8 Å². The third kappa shape index (κ3) is 3.74. The van der Waals surface area contributed by atoms with E-state index < -0.39 is 30.5 Å². The first-order valence-electron chi connectivity index (χ1n) is 6.40. The lowest BCUT2D eigenvalue weighted by Gasteiger charge is -2.17. The molecule has 114 valence electrons. The number of allylic oxidation sites excluding steroid dienone is 5. The molecule has 2 aliphatic rings. The highest BCUT2D eigenvalue weighted by atomic mass is 19.4. The van der Waals surface area contributed by atoms with Crippen LogP contribution in [0.15, 0.2) is 36.0 Å². The Kier molecular flexibility index (Phi) is 4.20. The number of hydrogen-bond donors (Lipinski definition) is 1. The van der Waals surface area contributed by atoms with Crippen molar-refractivity contribution in [3.8, 4) is 0 Å². The number of aliphatic carboxylic acids is 1. The quantitative estimate of drug-likeness (QED) is 0.869. The van der Waals surface area contributed by atoms with Gasteiger partial charge >= 0.3 is 12.1 Å². The minimum atomic E-state index is -4.38. The molecule has 0 spiro atoms. The zero-order chi connectivity index (χ0) is 15.6. The van der Waals surface area contributed by atoms with Crippen LogP contribution in [0.2, 0.25) is 0 Å². The maximum Gasteiger partial charge on any atom is 0.398 e. The van der Waals surface area contributed by atoms with Gasteiger partial charge < -0.3 is 10.0 Å². The van der Waals surface area contributed by atoms with Gasteiger partial charge in [-0.15, -0.1) is 0 Å². The number of carbonyl (C=O) groups is 2. The monoisotopic (exact) mass is 301 g/mol. The summed E-state index contributed by atoms with van der Waals surface area (Å²) in [5, 5.41) is 8.70. The summed E-state index contributed by atoms with van der Waals surface area (Å²) in [6, 6.07) is 0. The lowest BCUT2D eigenvalue weighted by Crippen LogP contribution is -2.31. The van der Waals surface area contributed by atoms with Crippen molar-refractivity contribution in [3.63, 3.8) is 0 Å². The maximum absolute atomic E-state index is 12.8. The van der Waals surface area contributed by atoms with Crippen molar-refractivity contribution in [1.29, 1.82) is 0 Å². The van der Waals surface area contributed by atoms with Gasteiger partial charge in [-0.2, -0.15) is 13.2 Å². The summed E-state index contributed by atoms with van der Waals surface area (Å²) in [7, 11) is 0. The second-order valence-electron chi connectivity index (χ2n) is 5.05. The van der Waals surface area contributed by atoms with Crippen molar-refractivity contribution in [2.24, 2.45) is 11.8 Å². The molecule has 1 amide bonds. The zero-order valence-electron chi connectivity index (χ0n) is 11.0. The fraction of sp³-hybridized carbons (Fsp3) is 0.429. The smallest absolute Gasteiger partial charge is 0.398 e. The van der Waals surface area contributed by atoms with Crippen LogP contribution in [-0.2, 0) is 9.59 Å². The first kappa shape index (κ1) is 15.3. The maximum atomic E-state index is 12.8. The molecule has 1 fully saturated rings. The van der Waals surface area contributed by atoms with Crippen LogP contribution in [0.1, 0.15) is 6.42 Å². The lowest BCUT2D eigenvalue weighted by atomic mass is 9.94. The first-order valence-corrected chi connectivity index (χ1v) is 6.40. The second-order valence-corrected chi connectivity index (χ2v) is 5.05. The van der Waals surface area contributed by atoms with Crippen LogP contribution in [0.4, 0.5) is 13.2 Å². The summed E-state index contributed by atoms with van der Waals surface area (Å²) >= 11 is 0. The second kappa shape index (κ2) is 5.75. The number of carboxylic acids is 1. The van der Waals surface area contributed by atoms with E-state index >= 15 is 0 Å². The van der Waals surface area contributed by atoms with Crippen molar-refractivity contribution in [1.82, 2.24) is 4.90 Å². The fourth-order valence-electron chi connectivity index (χ4n) is 2.46. The molecule has 0 saturated carbocycles. The Morgan fingerprint density at radius 2 is 2.10 bits per heavy atom. The number of halogens is 3. The number of carboxylic acid groups (broad SMARTS) is 1. The van der Waals surface area contributed by atoms with Gasteiger partial charge in [0.05, 0.1) is 5.92 Å². The summed E-state index contributed by atoms with van der Waals surface area (Å²) in [4.78, 5) is 23.5. The molecule has 2 atom stereocenters. The fourth-order valence-corrected chi connectivity index (χ4v) is 2.46. The van der Waals surface area contributed by atoms with Gasteiger partial charge in [0.15, 0.2) is 0 Å². The molecular formula is C14H14F3NO3. The van der Waals surface area contributed by atoms with Crippen molar-refractivity contribution < 1.29 is 27.9 Å². The Labute approximate surface area is 119 Å². The predicted molar refractivity (Wildman–Crippen MR) is 68.2 cm³/mol. The van der Waals surface area contributed by atoms with Crippen molar-refractivity contribution >= 4 is 11.9 Å². The van der Waals surface area contributed by atoms with E-state index in [1.165, 1.54) is 12.2 Å². The molecule has 2 unspecified atom stereocenters. The molecule has 2 rings (SSSR count). The minimum Gasteiger partial charge on any atom is -0.480 e. The molecular weight excluding hydrogens is 287 g/mol. The Bertz CT molecular complexity index is 534. The van der Waals surface area contributed by atoms with E-state index in [2.05, 4.69) is 0 Å². The van der Waals surface area contributed by atoms with E-state index in [1.807, 2.05) is 0 Å². The van der Waals surface area contributed by atoms with Gasteiger partial charge in [0.2, 0.25) is 5.91 Å². The molecule has 1 N–H and O–H groups in total. The molecule has 0 radical (unpaired) electrons. The predicted octanol–water partition coefficient (Wildman–Crippen LogP) is 2.15. The molecule has 1 heterocycles. The molecule has 1 saturated heterocycles. The third-order valence-electron chi connectivity index (χ3n) is 3.48. The summed E-state index contributed by atoms with van der Waals surface area (Å²) in [6.07, 6.45) is 2.18. The molecule has 0 bridgehead atoms. The van der Waals surface area contributed by atoms with Crippen LogP contribution < -0.4 is 0 Å². The topological polar surface area (TPSA) is 57.6 Å². The van der Waals surface area contributed by atoms with Gasteiger partial charge in [-0.25, -0.2) is 0 Å². The summed E-state index contributed by atoms with van der Waals surface area (Å²) in [6.45, 7) is -0.292. The average Bonchev–Trinajstić information content (AvgIpc) is 2.61.